The van der Waals surface area contributed by atoms with Crippen molar-refractivity contribution in [2.24, 2.45) is 4.99 Å². The van der Waals surface area contributed by atoms with Crippen molar-refractivity contribution >= 4 is 27.6 Å². The highest BCUT2D eigenvalue weighted by atomic mass is 79.9. The largest absolute Gasteiger partial charge is 0.264 e. The standard InChI is InChI=1S/C16H12BrN5/c17-13-5-3-11(4-6-13)15-8-14(12-2-1-7-18-9-12)21-16-19-10-20-22(15)16/h1-7,9-10,15H,8H2. The molecule has 2 aromatic heterocycles. The Balaban J connectivity index is 1.79. The second-order valence-corrected chi connectivity index (χ2v) is 5.99. The summed E-state index contributed by atoms with van der Waals surface area (Å²) in [6.45, 7) is 0. The number of halogens is 1. The number of aliphatic imine (C=N–C) groups is 1. The lowest BCUT2D eigenvalue weighted by atomic mass is 9.97. The number of fused-ring (bicyclic) bond motifs is 1. The summed E-state index contributed by atoms with van der Waals surface area (Å²) in [5.41, 5.74) is 3.20. The molecule has 3 heterocycles. The van der Waals surface area contributed by atoms with Crippen LogP contribution in [-0.2, 0) is 0 Å². The van der Waals surface area contributed by atoms with Gasteiger partial charge in [-0.3, -0.25) is 4.98 Å². The lowest BCUT2D eigenvalue weighted by Gasteiger charge is -2.23. The number of benzene rings is 1. The topological polar surface area (TPSA) is 56.0 Å². The molecule has 1 aromatic carbocycles. The van der Waals surface area contributed by atoms with E-state index in [9.17, 15) is 0 Å². The van der Waals surface area contributed by atoms with Gasteiger partial charge in [0.2, 0.25) is 5.95 Å². The maximum atomic E-state index is 4.63. The van der Waals surface area contributed by atoms with Gasteiger partial charge in [-0.1, -0.05) is 34.1 Å². The van der Waals surface area contributed by atoms with Crippen LogP contribution in [0, 0.1) is 0 Å². The van der Waals surface area contributed by atoms with Crippen LogP contribution in [0.4, 0.5) is 5.95 Å². The molecule has 0 amide bonds. The Kier molecular flexibility index (Phi) is 3.31. The predicted molar refractivity (Wildman–Crippen MR) is 87.4 cm³/mol. The predicted octanol–water partition coefficient (Wildman–Crippen LogP) is 3.55. The number of hydrogen-bond acceptors (Lipinski definition) is 4. The van der Waals surface area contributed by atoms with Gasteiger partial charge in [0.1, 0.15) is 6.33 Å². The lowest BCUT2D eigenvalue weighted by molar-refractivity contribution is 0.531. The Morgan fingerprint density at radius 3 is 2.77 bits per heavy atom. The van der Waals surface area contributed by atoms with Crippen molar-refractivity contribution in [2.45, 2.75) is 12.5 Å². The molecule has 0 radical (unpaired) electrons. The van der Waals surface area contributed by atoms with E-state index < -0.39 is 0 Å². The molecule has 1 atom stereocenters. The third-order valence-corrected chi connectivity index (χ3v) is 4.25. The van der Waals surface area contributed by atoms with Gasteiger partial charge >= 0.3 is 0 Å². The summed E-state index contributed by atoms with van der Waals surface area (Å²) < 4.78 is 2.94. The average molecular weight is 354 g/mol. The zero-order valence-corrected chi connectivity index (χ0v) is 13.2. The van der Waals surface area contributed by atoms with Crippen LogP contribution in [0.1, 0.15) is 23.6 Å². The third-order valence-electron chi connectivity index (χ3n) is 3.72. The quantitative estimate of drug-likeness (QED) is 0.707. The Bertz CT molecular complexity index is 823. The molecular weight excluding hydrogens is 342 g/mol. The first-order chi connectivity index (χ1) is 10.8. The van der Waals surface area contributed by atoms with Crippen molar-refractivity contribution in [2.75, 3.05) is 0 Å². The fraction of sp³-hybridized carbons (Fsp3) is 0.125. The van der Waals surface area contributed by atoms with Crippen LogP contribution in [0.3, 0.4) is 0 Å². The van der Waals surface area contributed by atoms with Crippen LogP contribution < -0.4 is 0 Å². The zero-order valence-electron chi connectivity index (χ0n) is 11.6. The maximum Gasteiger partial charge on any atom is 0.248 e. The summed E-state index contributed by atoms with van der Waals surface area (Å²) >= 11 is 3.48. The van der Waals surface area contributed by atoms with Crippen LogP contribution in [0.5, 0.6) is 0 Å². The molecule has 0 saturated carbocycles. The minimum Gasteiger partial charge on any atom is -0.264 e. The van der Waals surface area contributed by atoms with Gasteiger partial charge in [0, 0.05) is 28.9 Å². The van der Waals surface area contributed by atoms with Crippen LogP contribution >= 0.6 is 15.9 Å². The second-order valence-electron chi connectivity index (χ2n) is 5.08. The molecule has 0 fully saturated rings. The normalized spacial score (nSPS) is 17.0. The summed E-state index contributed by atoms with van der Waals surface area (Å²) in [5, 5.41) is 4.34. The lowest BCUT2D eigenvalue weighted by Crippen LogP contribution is -2.21. The molecule has 22 heavy (non-hydrogen) atoms. The highest BCUT2D eigenvalue weighted by Crippen LogP contribution is 2.32. The van der Waals surface area contributed by atoms with E-state index in [1.165, 1.54) is 5.56 Å². The SMILES string of the molecule is Brc1ccc(C2CC(c3cccnc3)=Nc3ncnn32)cc1. The van der Waals surface area contributed by atoms with E-state index in [1.54, 1.807) is 12.5 Å². The van der Waals surface area contributed by atoms with Crippen LogP contribution in [0.15, 0.2) is 64.6 Å². The molecule has 5 nitrogen and oxygen atoms in total. The van der Waals surface area contributed by atoms with E-state index in [0.717, 1.165) is 22.2 Å². The van der Waals surface area contributed by atoms with E-state index in [2.05, 4.69) is 48.1 Å². The van der Waals surface area contributed by atoms with Gasteiger partial charge in [-0.25, -0.2) is 9.67 Å². The van der Waals surface area contributed by atoms with Gasteiger partial charge in [-0.2, -0.15) is 10.1 Å². The molecule has 4 rings (SSSR count). The molecule has 0 bridgehead atoms. The number of pyridine rings is 1. The van der Waals surface area contributed by atoms with Crippen molar-refractivity contribution < 1.29 is 0 Å². The molecular formula is C16H12BrN5. The molecule has 108 valence electrons. The van der Waals surface area contributed by atoms with Crippen LogP contribution in [0.25, 0.3) is 0 Å². The van der Waals surface area contributed by atoms with E-state index >= 15 is 0 Å². The highest BCUT2D eigenvalue weighted by Gasteiger charge is 2.26. The van der Waals surface area contributed by atoms with Crippen molar-refractivity contribution in [3.05, 3.63) is 70.7 Å². The Morgan fingerprint density at radius 2 is 2.00 bits per heavy atom. The van der Waals surface area contributed by atoms with E-state index in [1.807, 2.05) is 35.1 Å². The fourth-order valence-electron chi connectivity index (χ4n) is 2.64. The molecule has 1 unspecified atom stereocenters. The fourth-order valence-corrected chi connectivity index (χ4v) is 2.90. The monoisotopic (exact) mass is 353 g/mol. The first-order valence-electron chi connectivity index (χ1n) is 6.94. The summed E-state index contributed by atoms with van der Waals surface area (Å²) in [5.74, 6) is 0.637. The van der Waals surface area contributed by atoms with E-state index in [0.29, 0.717) is 5.95 Å². The molecule has 0 saturated heterocycles. The number of aromatic nitrogens is 4. The number of rotatable bonds is 2. The smallest absolute Gasteiger partial charge is 0.248 e. The van der Waals surface area contributed by atoms with Crippen molar-refractivity contribution in [3.8, 4) is 0 Å². The third kappa shape index (κ3) is 2.35. The van der Waals surface area contributed by atoms with Gasteiger partial charge in [-0.15, -0.1) is 0 Å². The maximum absolute atomic E-state index is 4.63. The van der Waals surface area contributed by atoms with Gasteiger partial charge in [-0.05, 0) is 23.8 Å². The minimum absolute atomic E-state index is 0.0957. The van der Waals surface area contributed by atoms with Crippen molar-refractivity contribution in [3.63, 3.8) is 0 Å². The number of hydrogen-bond donors (Lipinski definition) is 0. The molecule has 3 aromatic rings. The summed E-state index contributed by atoms with van der Waals surface area (Å²) in [6, 6.07) is 12.3. The van der Waals surface area contributed by atoms with Gasteiger partial charge < -0.3 is 0 Å². The summed E-state index contributed by atoms with van der Waals surface area (Å²) in [7, 11) is 0. The zero-order chi connectivity index (χ0) is 14.9. The molecule has 6 heteroatoms. The summed E-state index contributed by atoms with van der Waals surface area (Å²) in [6.07, 6.45) is 5.92. The van der Waals surface area contributed by atoms with Crippen LogP contribution in [0.2, 0.25) is 0 Å². The minimum atomic E-state index is 0.0957. The van der Waals surface area contributed by atoms with Crippen molar-refractivity contribution in [1.29, 1.82) is 0 Å². The second kappa shape index (κ2) is 5.46. The van der Waals surface area contributed by atoms with Crippen molar-refractivity contribution in [1.82, 2.24) is 19.7 Å². The molecule has 0 aliphatic carbocycles. The first-order valence-corrected chi connectivity index (χ1v) is 7.73. The molecule has 1 aliphatic heterocycles. The Hall–Kier alpha value is -2.34. The molecule has 0 N–H and O–H groups in total. The van der Waals surface area contributed by atoms with Gasteiger partial charge in [0.25, 0.3) is 0 Å². The molecule has 0 spiro atoms. The number of nitrogens with zero attached hydrogens (tertiary/aromatic N) is 5. The van der Waals surface area contributed by atoms with Gasteiger partial charge in [0.05, 0.1) is 11.8 Å². The van der Waals surface area contributed by atoms with Crippen LogP contribution in [-0.4, -0.2) is 25.5 Å². The first kappa shape index (κ1) is 13.3. The van der Waals surface area contributed by atoms with E-state index in [4.69, 9.17) is 0 Å². The Morgan fingerprint density at radius 1 is 1.14 bits per heavy atom. The highest BCUT2D eigenvalue weighted by molar-refractivity contribution is 9.10. The average Bonchev–Trinajstić information content (AvgIpc) is 3.04. The van der Waals surface area contributed by atoms with E-state index in [-0.39, 0.29) is 6.04 Å². The van der Waals surface area contributed by atoms with Gasteiger partial charge in [0.15, 0.2) is 0 Å². The Labute approximate surface area is 135 Å². The molecule has 1 aliphatic rings. The summed E-state index contributed by atoms with van der Waals surface area (Å²) in [4.78, 5) is 13.1.